The lowest BCUT2D eigenvalue weighted by Crippen LogP contribution is -2.25. The summed E-state index contributed by atoms with van der Waals surface area (Å²) in [5.41, 5.74) is 6.82. The molecule has 0 saturated carbocycles. The average molecular weight is 244 g/mol. The van der Waals surface area contributed by atoms with E-state index in [0.717, 1.165) is 0 Å². The molecule has 0 unspecified atom stereocenters. The molecule has 0 aliphatic carbocycles. The molecular weight excluding hydrogens is 230 g/mol. The van der Waals surface area contributed by atoms with Crippen molar-refractivity contribution in [3.8, 4) is 0 Å². The van der Waals surface area contributed by atoms with Crippen LogP contribution in [0.1, 0.15) is 5.56 Å². The summed E-state index contributed by atoms with van der Waals surface area (Å²) >= 11 is 5.88. The van der Waals surface area contributed by atoms with E-state index in [4.69, 9.17) is 27.6 Å². The second-order valence-electron chi connectivity index (χ2n) is 3.29. The molecule has 4 N–H and O–H groups in total. The zero-order valence-corrected chi connectivity index (χ0v) is 9.65. The van der Waals surface area contributed by atoms with Crippen LogP contribution in [0.3, 0.4) is 0 Å². The SMILES string of the molecule is CN(CCO)c1cc(Cl)ccc1C(N)=NO. The van der Waals surface area contributed by atoms with Crippen molar-refractivity contribution < 1.29 is 10.3 Å². The molecule has 0 atom stereocenters. The fourth-order valence-corrected chi connectivity index (χ4v) is 1.53. The van der Waals surface area contributed by atoms with Crippen LogP contribution in [-0.4, -0.2) is 36.3 Å². The van der Waals surface area contributed by atoms with Crippen molar-refractivity contribution in [3.05, 3.63) is 28.8 Å². The predicted octanol–water partition coefficient (Wildman–Crippen LogP) is 0.863. The number of oxime groups is 1. The highest BCUT2D eigenvalue weighted by molar-refractivity contribution is 6.31. The van der Waals surface area contributed by atoms with Crippen molar-refractivity contribution >= 4 is 23.1 Å². The molecule has 88 valence electrons. The molecule has 0 fully saturated rings. The lowest BCUT2D eigenvalue weighted by atomic mass is 10.1. The van der Waals surface area contributed by atoms with E-state index in [2.05, 4.69) is 5.16 Å². The van der Waals surface area contributed by atoms with Gasteiger partial charge in [-0.1, -0.05) is 16.8 Å². The van der Waals surface area contributed by atoms with Gasteiger partial charge < -0.3 is 20.9 Å². The second kappa shape index (κ2) is 5.58. The van der Waals surface area contributed by atoms with Crippen molar-refractivity contribution in [2.24, 2.45) is 10.9 Å². The number of likely N-dealkylation sites (N-methyl/N-ethyl adjacent to an activating group) is 1. The van der Waals surface area contributed by atoms with E-state index in [0.29, 0.717) is 22.8 Å². The van der Waals surface area contributed by atoms with Crippen LogP contribution in [-0.2, 0) is 0 Å². The van der Waals surface area contributed by atoms with Crippen LogP contribution >= 0.6 is 11.6 Å². The van der Waals surface area contributed by atoms with Crippen molar-refractivity contribution in [1.29, 1.82) is 0 Å². The minimum absolute atomic E-state index is 0.0106. The third-order valence-electron chi connectivity index (χ3n) is 2.19. The molecule has 5 nitrogen and oxygen atoms in total. The highest BCUT2D eigenvalue weighted by Crippen LogP contribution is 2.23. The van der Waals surface area contributed by atoms with Crippen molar-refractivity contribution in [2.45, 2.75) is 0 Å². The standard InChI is InChI=1S/C10H14ClN3O2/c1-14(4-5-15)9-6-7(11)2-3-8(9)10(12)13-16/h2-3,6,15-16H,4-5H2,1H3,(H2,12,13). The van der Waals surface area contributed by atoms with Crippen molar-refractivity contribution in [3.63, 3.8) is 0 Å². The normalized spacial score (nSPS) is 11.6. The molecule has 0 bridgehead atoms. The van der Waals surface area contributed by atoms with Gasteiger partial charge >= 0.3 is 0 Å². The Labute approximate surface area is 98.7 Å². The van der Waals surface area contributed by atoms with Crippen LogP contribution in [0.5, 0.6) is 0 Å². The van der Waals surface area contributed by atoms with Crippen LogP contribution in [0.2, 0.25) is 5.02 Å². The Kier molecular flexibility index (Phi) is 4.39. The Morgan fingerprint density at radius 3 is 2.81 bits per heavy atom. The molecule has 6 heteroatoms. The third-order valence-corrected chi connectivity index (χ3v) is 2.43. The zero-order chi connectivity index (χ0) is 12.1. The summed E-state index contributed by atoms with van der Waals surface area (Å²) in [4.78, 5) is 1.78. The maximum Gasteiger partial charge on any atom is 0.172 e. The van der Waals surface area contributed by atoms with Crippen molar-refractivity contribution in [2.75, 3.05) is 25.1 Å². The summed E-state index contributed by atoms with van der Waals surface area (Å²) in [5, 5.41) is 21.0. The minimum atomic E-state index is 0.0106. The Morgan fingerprint density at radius 2 is 2.25 bits per heavy atom. The number of amidine groups is 1. The van der Waals surface area contributed by atoms with Crippen LogP contribution in [0.25, 0.3) is 0 Å². The van der Waals surface area contributed by atoms with E-state index < -0.39 is 0 Å². The fourth-order valence-electron chi connectivity index (χ4n) is 1.36. The quantitative estimate of drug-likeness (QED) is 0.317. The van der Waals surface area contributed by atoms with Gasteiger partial charge in [-0.05, 0) is 18.2 Å². The summed E-state index contributed by atoms with van der Waals surface area (Å²) in [5.74, 6) is 0.0106. The second-order valence-corrected chi connectivity index (χ2v) is 3.73. The van der Waals surface area contributed by atoms with Gasteiger partial charge in [0.05, 0.1) is 6.61 Å². The smallest absolute Gasteiger partial charge is 0.172 e. The van der Waals surface area contributed by atoms with E-state index in [1.54, 1.807) is 30.1 Å². The van der Waals surface area contributed by atoms with Crippen LogP contribution < -0.4 is 10.6 Å². The molecule has 0 spiro atoms. The molecule has 0 aliphatic rings. The largest absolute Gasteiger partial charge is 0.409 e. The Hall–Kier alpha value is -1.46. The molecule has 0 aliphatic heterocycles. The van der Waals surface area contributed by atoms with Gasteiger partial charge in [0.25, 0.3) is 0 Å². The highest BCUT2D eigenvalue weighted by atomic mass is 35.5. The zero-order valence-electron chi connectivity index (χ0n) is 8.89. The summed E-state index contributed by atoms with van der Waals surface area (Å²) in [6.07, 6.45) is 0. The number of halogens is 1. The topological polar surface area (TPSA) is 82.1 Å². The molecule has 1 aromatic carbocycles. The van der Waals surface area contributed by atoms with Gasteiger partial charge in [0.2, 0.25) is 0 Å². The number of aliphatic hydroxyl groups is 1. The molecule has 0 amide bonds. The lowest BCUT2D eigenvalue weighted by Gasteiger charge is -2.21. The van der Waals surface area contributed by atoms with E-state index >= 15 is 0 Å². The van der Waals surface area contributed by atoms with Gasteiger partial charge in [-0.15, -0.1) is 0 Å². The number of nitrogens with two attached hydrogens (primary N) is 1. The summed E-state index contributed by atoms with van der Waals surface area (Å²) in [7, 11) is 1.79. The lowest BCUT2D eigenvalue weighted by molar-refractivity contribution is 0.304. The van der Waals surface area contributed by atoms with Gasteiger partial charge in [0.15, 0.2) is 5.84 Å². The molecule has 16 heavy (non-hydrogen) atoms. The van der Waals surface area contributed by atoms with Crippen LogP contribution in [0.4, 0.5) is 5.69 Å². The maximum absolute atomic E-state index is 8.87. The van der Waals surface area contributed by atoms with E-state index in [1.807, 2.05) is 0 Å². The first-order chi connectivity index (χ1) is 7.60. The number of nitrogens with zero attached hydrogens (tertiary/aromatic N) is 2. The highest BCUT2D eigenvalue weighted by Gasteiger charge is 2.11. The fraction of sp³-hybridized carbons (Fsp3) is 0.300. The predicted molar refractivity (Wildman–Crippen MR) is 64.3 cm³/mol. The molecule has 0 heterocycles. The van der Waals surface area contributed by atoms with Gasteiger partial charge in [0, 0.05) is 29.9 Å². The van der Waals surface area contributed by atoms with Gasteiger partial charge in [0.1, 0.15) is 0 Å². The number of anilines is 1. The number of hydrogen-bond donors (Lipinski definition) is 3. The summed E-state index contributed by atoms with van der Waals surface area (Å²) in [6, 6.07) is 5.02. The van der Waals surface area contributed by atoms with Gasteiger partial charge in [-0.25, -0.2) is 0 Å². The van der Waals surface area contributed by atoms with Gasteiger partial charge in [-0.2, -0.15) is 0 Å². The summed E-state index contributed by atoms with van der Waals surface area (Å²) in [6.45, 7) is 0.449. The summed E-state index contributed by atoms with van der Waals surface area (Å²) < 4.78 is 0. The maximum atomic E-state index is 8.87. The number of hydrogen-bond acceptors (Lipinski definition) is 4. The first-order valence-electron chi connectivity index (χ1n) is 4.69. The number of benzene rings is 1. The average Bonchev–Trinajstić information content (AvgIpc) is 2.28. The Bertz CT molecular complexity index is 396. The Balaban J connectivity index is 3.17. The Morgan fingerprint density at radius 1 is 1.56 bits per heavy atom. The minimum Gasteiger partial charge on any atom is -0.409 e. The number of rotatable bonds is 4. The van der Waals surface area contributed by atoms with Gasteiger partial charge in [-0.3, -0.25) is 0 Å². The van der Waals surface area contributed by atoms with Crippen LogP contribution in [0, 0.1) is 0 Å². The number of aliphatic hydroxyl groups excluding tert-OH is 1. The molecule has 0 saturated heterocycles. The molecular formula is C10H14ClN3O2. The first-order valence-corrected chi connectivity index (χ1v) is 5.07. The molecule has 0 radical (unpaired) electrons. The molecule has 0 aromatic heterocycles. The monoisotopic (exact) mass is 243 g/mol. The van der Waals surface area contributed by atoms with Crippen LogP contribution in [0.15, 0.2) is 23.4 Å². The third kappa shape index (κ3) is 2.77. The van der Waals surface area contributed by atoms with E-state index in [1.165, 1.54) is 0 Å². The molecule has 1 rings (SSSR count). The first kappa shape index (κ1) is 12.6. The van der Waals surface area contributed by atoms with E-state index in [9.17, 15) is 0 Å². The van der Waals surface area contributed by atoms with Crippen molar-refractivity contribution in [1.82, 2.24) is 0 Å². The molecule has 1 aromatic rings. The van der Waals surface area contributed by atoms with E-state index in [-0.39, 0.29) is 12.4 Å².